The van der Waals surface area contributed by atoms with Crippen molar-refractivity contribution in [2.75, 3.05) is 31.9 Å². The second kappa shape index (κ2) is 6.70. The zero-order valence-electron chi connectivity index (χ0n) is 11.9. The first-order valence-corrected chi connectivity index (χ1v) is 7.12. The van der Waals surface area contributed by atoms with E-state index in [9.17, 15) is 9.18 Å². The lowest BCUT2D eigenvalue weighted by Gasteiger charge is -2.30. The molecule has 1 fully saturated rings. The van der Waals surface area contributed by atoms with Crippen LogP contribution in [-0.4, -0.2) is 37.0 Å². The number of nitrogens with one attached hydrogen (secondary N) is 1. The van der Waals surface area contributed by atoms with E-state index < -0.39 is 5.82 Å². The maximum atomic E-state index is 13.3. The van der Waals surface area contributed by atoms with Crippen LogP contribution in [0.25, 0.3) is 0 Å². The zero-order valence-corrected chi connectivity index (χ0v) is 11.9. The standard InChI is InChI=1S/C15H22FN3O/c1-11-5-8-19(9-6-11)10-7-18-15(20)12-3-2-4-13(16)14(12)17/h2-4,11H,5-10,17H2,1H3,(H,18,20). The van der Waals surface area contributed by atoms with E-state index in [-0.39, 0.29) is 17.2 Å². The van der Waals surface area contributed by atoms with Crippen molar-refractivity contribution < 1.29 is 9.18 Å². The van der Waals surface area contributed by atoms with E-state index in [0.717, 1.165) is 25.6 Å². The van der Waals surface area contributed by atoms with Crippen LogP contribution in [0.3, 0.4) is 0 Å². The molecule has 1 saturated heterocycles. The Morgan fingerprint density at radius 2 is 2.15 bits per heavy atom. The van der Waals surface area contributed by atoms with Crippen LogP contribution >= 0.6 is 0 Å². The number of rotatable bonds is 4. The lowest BCUT2D eigenvalue weighted by molar-refractivity contribution is 0.0945. The number of carbonyl (C=O) groups is 1. The number of nitrogens with zero attached hydrogens (tertiary/aromatic N) is 1. The summed E-state index contributed by atoms with van der Waals surface area (Å²) in [6.45, 7) is 5.82. The second-order valence-corrected chi connectivity index (χ2v) is 5.48. The van der Waals surface area contributed by atoms with Gasteiger partial charge in [-0.05, 0) is 44.0 Å². The molecule has 1 aliphatic heterocycles. The Balaban J connectivity index is 1.79. The number of halogens is 1. The molecular formula is C15H22FN3O. The summed E-state index contributed by atoms with van der Waals surface area (Å²) in [5.74, 6) is -0.0667. The molecule has 1 heterocycles. The average Bonchev–Trinajstić information content (AvgIpc) is 2.44. The molecule has 0 radical (unpaired) electrons. The molecule has 0 atom stereocenters. The Kier molecular flexibility index (Phi) is 4.95. The minimum Gasteiger partial charge on any atom is -0.396 e. The molecule has 0 bridgehead atoms. The van der Waals surface area contributed by atoms with Crippen LogP contribution in [0.1, 0.15) is 30.1 Å². The minimum atomic E-state index is -0.553. The normalized spacial score (nSPS) is 17.1. The number of amides is 1. The molecule has 4 nitrogen and oxygen atoms in total. The van der Waals surface area contributed by atoms with Crippen LogP contribution in [0, 0.1) is 11.7 Å². The first-order valence-electron chi connectivity index (χ1n) is 7.12. The molecule has 0 aromatic heterocycles. The number of likely N-dealkylation sites (tertiary alicyclic amines) is 1. The molecule has 1 aliphatic rings. The summed E-state index contributed by atoms with van der Waals surface area (Å²) in [5.41, 5.74) is 5.69. The number of hydrogen-bond donors (Lipinski definition) is 2. The van der Waals surface area contributed by atoms with Crippen molar-refractivity contribution in [3.8, 4) is 0 Å². The van der Waals surface area contributed by atoms with Crippen molar-refractivity contribution in [2.24, 2.45) is 5.92 Å². The van der Waals surface area contributed by atoms with Gasteiger partial charge < -0.3 is 16.0 Å². The summed E-state index contributed by atoms with van der Waals surface area (Å²) in [4.78, 5) is 14.3. The quantitative estimate of drug-likeness (QED) is 0.827. The third-order valence-electron chi connectivity index (χ3n) is 3.89. The molecule has 1 amide bonds. The number of carbonyl (C=O) groups excluding carboxylic acids is 1. The first-order chi connectivity index (χ1) is 9.58. The number of para-hydroxylation sites is 1. The molecule has 5 heteroatoms. The summed E-state index contributed by atoms with van der Waals surface area (Å²) in [6.07, 6.45) is 2.43. The zero-order chi connectivity index (χ0) is 14.5. The topological polar surface area (TPSA) is 58.4 Å². The van der Waals surface area contributed by atoms with Crippen molar-refractivity contribution in [2.45, 2.75) is 19.8 Å². The molecule has 0 spiro atoms. The van der Waals surface area contributed by atoms with Crippen LogP contribution in [0.5, 0.6) is 0 Å². The molecule has 2 rings (SSSR count). The monoisotopic (exact) mass is 279 g/mol. The summed E-state index contributed by atoms with van der Waals surface area (Å²) in [6, 6.07) is 4.28. The highest BCUT2D eigenvalue weighted by Gasteiger charge is 2.16. The van der Waals surface area contributed by atoms with Gasteiger partial charge in [0.2, 0.25) is 0 Å². The Labute approximate surface area is 119 Å². The van der Waals surface area contributed by atoms with E-state index in [1.165, 1.54) is 31.0 Å². The van der Waals surface area contributed by atoms with Crippen LogP contribution < -0.4 is 11.1 Å². The Hall–Kier alpha value is -1.62. The molecule has 1 aromatic carbocycles. The van der Waals surface area contributed by atoms with Gasteiger partial charge in [-0.15, -0.1) is 0 Å². The second-order valence-electron chi connectivity index (χ2n) is 5.48. The summed E-state index contributed by atoms with van der Waals surface area (Å²) < 4.78 is 13.3. The molecule has 20 heavy (non-hydrogen) atoms. The summed E-state index contributed by atoms with van der Waals surface area (Å²) >= 11 is 0. The van der Waals surface area contributed by atoms with Crippen molar-refractivity contribution >= 4 is 11.6 Å². The van der Waals surface area contributed by atoms with Crippen molar-refractivity contribution in [1.29, 1.82) is 0 Å². The van der Waals surface area contributed by atoms with Gasteiger partial charge in [0.1, 0.15) is 5.82 Å². The van der Waals surface area contributed by atoms with Crippen molar-refractivity contribution in [1.82, 2.24) is 10.2 Å². The third kappa shape index (κ3) is 3.70. The highest BCUT2D eigenvalue weighted by atomic mass is 19.1. The lowest BCUT2D eigenvalue weighted by Crippen LogP contribution is -2.39. The van der Waals surface area contributed by atoms with Gasteiger partial charge in [0.15, 0.2) is 0 Å². The number of benzene rings is 1. The predicted molar refractivity (Wildman–Crippen MR) is 78.0 cm³/mol. The SMILES string of the molecule is CC1CCN(CCNC(=O)c2cccc(F)c2N)CC1. The number of hydrogen-bond acceptors (Lipinski definition) is 3. The van der Waals surface area contributed by atoms with Crippen molar-refractivity contribution in [3.05, 3.63) is 29.6 Å². The van der Waals surface area contributed by atoms with E-state index in [1.807, 2.05) is 0 Å². The maximum Gasteiger partial charge on any atom is 0.253 e. The third-order valence-corrected chi connectivity index (χ3v) is 3.89. The fourth-order valence-electron chi connectivity index (χ4n) is 2.44. The number of anilines is 1. The summed E-state index contributed by atoms with van der Waals surface area (Å²) in [5, 5.41) is 2.80. The van der Waals surface area contributed by atoms with Gasteiger partial charge in [-0.1, -0.05) is 13.0 Å². The van der Waals surface area contributed by atoms with Gasteiger partial charge >= 0.3 is 0 Å². The fourth-order valence-corrected chi connectivity index (χ4v) is 2.44. The van der Waals surface area contributed by atoms with Crippen molar-refractivity contribution in [3.63, 3.8) is 0 Å². The molecular weight excluding hydrogens is 257 g/mol. The first kappa shape index (κ1) is 14.8. The molecule has 3 N–H and O–H groups in total. The number of nitrogens with two attached hydrogens (primary N) is 1. The van der Waals surface area contributed by atoms with Crippen LogP contribution in [0.15, 0.2) is 18.2 Å². The highest BCUT2D eigenvalue weighted by molar-refractivity contribution is 5.99. The van der Waals surface area contributed by atoms with E-state index in [4.69, 9.17) is 5.73 Å². The number of nitrogen functional groups attached to an aromatic ring is 1. The van der Waals surface area contributed by atoms with E-state index in [1.54, 1.807) is 0 Å². The molecule has 0 aliphatic carbocycles. The van der Waals surface area contributed by atoms with E-state index >= 15 is 0 Å². The molecule has 1 aromatic rings. The average molecular weight is 279 g/mol. The summed E-state index contributed by atoms with van der Waals surface area (Å²) in [7, 11) is 0. The van der Waals surface area contributed by atoms with Crippen LogP contribution in [-0.2, 0) is 0 Å². The van der Waals surface area contributed by atoms with Gasteiger partial charge in [-0.2, -0.15) is 0 Å². The Bertz CT molecular complexity index is 470. The van der Waals surface area contributed by atoms with E-state index in [0.29, 0.717) is 6.54 Å². The largest absolute Gasteiger partial charge is 0.396 e. The minimum absolute atomic E-state index is 0.0863. The lowest BCUT2D eigenvalue weighted by atomic mass is 9.99. The van der Waals surface area contributed by atoms with Gasteiger partial charge in [0.25, 0.3) is 5.91 Å². The highest BCUT2D eigenvalue weighted by Crippen LogP contribution is 2.16. The van der Waals surface area contributed by atoms with Gasteiger partial charge in [0, 0.05) is 13.1 Å². The van der Waals surface area contributed by atoms with Crippen LogP contribution in [0.2, 0.25) is 0 Å². The van der Waals surface area contributed by atoms with Crippen LogP contribution in [0.4, 0.5) is 10.1 Å². The van der Waals surface area contributed by atoms with Gasteiger partial charge in [-0.25, -0.2) is 4.39 Å². The van der Waals surface area contributed by atoms with Gasteiger partial charge in [0.05, 0.1) is 11.3 Å². The predicted octanol–water partition coefficient (Wildman–Crippen LogP) is 1.87. The molecule has 0 saturated carbocycles. The smallest absolute Gasteiger partial charge is 0.253 e. The van der Waals surface area contributed by atoms with E-state index in [2.05, 4.69) is 17.1 Å². The fraction of sp³-hybridized carbons (Fsp3) is 0.533. The molecule has 0 unspecified atom stereocenters. The number of piperidine rings is 1. The Morgan fingerprint density at radius 1 is 1.45 bits per heavy atom. The van der Waals surface area contributed by atoms with Gasteiger partial charge in [-0.3, -0.25) is 4.79 Å². The molecule has 110 valence electrons. The Morgan fingerprint density at radius 3 is 2.85 bits per heavy atom. The maximum absolute atomic E-state index is 13.3.